The van der Waals surface area contributed by atoms with Crippen molar-refractivity contribution in [1.82, 2.24) is 29.3 Å². The van der Waals surface area contributed by atoms with Gasteiger partial charge in [-0.1, -0.05) is 0 Å². The maximum Gasteiger partial charge on any atom is 0.169 e. The van der Waals surface area contributed by atoms with Gasteiger partial charge in [-0.15, -0.1) is 0 Å². The highest BCUT2D eigenvalue weighted by Crippen LogP contribution is 2.39. The van der Waals surface area contributed by atoms with Gasteiger partial charge in [0.2, 0.25) is 0 Å². The van der Waals surface area contributed by atoms with Gasteiger partial charge in [0.1, 0.15) is 22.8 Å². The molecule has 114 valence electrons. The number of hydrogen-bond acceptors (Lipinski definition) is 5. The summed E-state index contributed by atoms with van der Waals surface area (Å²) in [5.74, 6) is -0.122. The quantitative estimate of drug-likeness (QED) is 0.561. The molecule has 0 radical (unpaired) electrons. The monoisotopic (exact) mass is 308 g/mol. The maximum atomic E-state index is 10.8. The molecular formula is C15H12N6O2. The largest absolute Gasteiger partial charge is 0.506 e. The number of nitrogens with zero attached hydrogens (tertiary/aromatic N) is 6. The second-order valence-electron chi connectivity index (χ2n) is 4.81. The van der Waals surface area contributed by atoms with Gasteiger partial charge in [0.15, 0.2) is 5.75 Å². The summed E-state index contributed by atoms with van der Waals surface area (Å²) in [5, 5.41) is 33.7. The van der Waals surface area contributed by atoms with Crippen LogP contribution in [-0.4, -0.2) is 39.6 Å². The van der Waals surface area contributed by atoms with Gasteiger partial charge >= 0.3 is 0 Å². The smallest absolute Gasteiger partial charge is 0.169 e. The van der Waals surface area contributed by atoms with Crippen molar-refractivity contribution in [3.63, 3.8) is 0 Å². The molecule has 0 fully saturated rings. The van der Waals surface area contributed by atoms with E-state index >= 15 is 0 Å². The summed E-state index contributed by atoms with van der Waals surface area (Å²) in [7, 11) is 0. The second-order valence-corrected chi connectivity index (χ2v) is 4.81. The Morgan fingerprint density at radius 1 is 0.696 bits per heavy atom. The number of benzene rings is 1. The van der Waals surface area contributed by atoms with E-state index in [4.69, 9.17) is 0 Å². The molecule has 0 unspecified atom stereocenters. The molecule has 3 heterocycles. The summed E-state index contributed by atoms with van der Waals surface area (Å²) in [5.41, 5.74) is 0.977. The van der Waals surface area contributed by atoms with Gasteiger partial charge in [0.05, 0.1) is 0 Å². The Labute approximate surface area is 130 Å². The Morgan fingerprint density at radius 2 is 1.22 bits per heavy atom. The van der Waals surface area contributed by atoms with Crippen LogP contribution in [-0.2, 0) is 0 Å². The highest BCUT2D eigenvalue weighted by molar-refractivity contribution is 5.73. The fraction of sp³-hybridized carbons (Fsp3) is 0. The minimum atomic E-state index is -0.0688. The Kier molecular flexibility index (Phi) is 2.87. The van der Waals surface area contributed by atoms with E-state index in [1.54, 1.807) is 55.4 Å². The third-order valence-corrected chi connectivity index (χ3v) is 3.43. The molecular weight excluding hydrogens is 296 g/mol. The molecule has 8 heteroatoms. The maximum absolute atomic E-state index is 10.8. The van der Waals surface area contributed by atoms with E-state index in [1.165, 1.54) is 20.1 Å². The lowest BCUT2D eigenvalue weighted by Gasteiger charge is -2.16. The van der Waals surface area contributed by atoms with E-state index in [0.29, 0.717) is 17.1 Å². The van der Waals surface area contributed by atoms with Crippen LogP contribution in [0.3, 0.4) is 0 Å². The summed E-state index contributed by atoms with van der Waals surface area (Å²) in [6, 6.07) is 6.62. The summed E-state index contributed by atoms with van der Waals surface area (Å²) in [6.45, 7) is 0. The first-order valence-corrected chi connectivity index (χ1v) is 6.84. The van der Waals surface area contributed by atoms with Crippen LogP contribution in [0.4, 0.5) is 0 Å². The normalized spacial score (nSPS) is 11.0. The van der Waals surface area contributed by atoms with Gasteiger partial charge in [-0.25, -0.2) is 14.0 Å². The SMILES string of the molecule is Oc1cc(-n2cccn2)c(O)c(-n2cccn2)c1-n1cccn1. The Morgan fingerprint density at radius 3 is 1.74 bits per heavy atom. The second kappa shape index (κ2) is 5.02. The van der Waals surface area contributed by atoms with Crippen LogP contribution in [0, 0.1) is 0 Å². The van der Waals surface area contributed by atoms with Crippen molar-refractivity contribution in [1.29, 1.82) is 0 Å². The number of rotatable bonds is 3. The molecule has 2 N–H and O–H groups in total. The number of aromatic hydroxyl groups is 2. The van der Waals surface area contributed by atoms with Gasteiger partial charge < -0.3 is 10.2 Å². The van der Waals surface area contributed by atoms with Gasteiger partial charge in [0.25, 0.3) is 0 Å². The molecule has 23 heavy (non-hydrogen) atoms. The average molecular weight is 308 g/mol. The number of phenolic OH excluding ortho intramolecular Hbond substituents is 2. The topological polar surface area (TPSA) is 93.9 Å². The van der Waals surface area contributed by atoms with E-state index in [1.807, 2.05) is 0 Å². The van der Waals surface area contributed by atoms with Gasteiger partial charge in [-0.05, 0) is 18.2 Å². The Balaban J connectivity index is 2.06. The average Bonchev–Trinajstić information content (AvgIpc) is 3.31. The van der Waals surface area contributed by atoms with Crippen LogP contribution in [0.2, 0.25) is 0 Å². The lowest BCUT2D eigenvalue weighted by Crippen LogP contribution is -2.07. The molecule has 4 rings (SSSR count). The number of hydrogen-bond donors (Lipinski definition) is 2. The van der Waals surface area contributed by atoms with Crippen molar-refractivity contribution < 1.29 is 10.2 Å². The molecule has 0 aliphatic heterocycles. The minimum absolute atomic E-state index is 0.0532. The fourth-order valence-electron chi connectivity index (χ4n) is 2.45. The molecule has 0 atom stereocenters. The van der Waals surface area contributed by atoms with E-state index < -0.39 is 0 Å². The highest BCUT2D eigenvalue weighted by Gasteiger charge is 2.22. The zero-order valence-corrected chi connectivity index (χ0v) is 11.9. The zero-order valence-electron chi connectivity index (χ0n) is 11.9. The first-order chi connectivity index (χ1) is 11.3. The first-order valence-electron chi connectivity index (χ1n) is 6.84. The zero-order chi connectivity index (χ0) is 15.8. The molecule has 0 saturated carbocycles. The van der Waals surface area contributed by atoms with Crippen molar-refractivity contribution in [2.45, 2.75) is 0 Å². The summed E-state index contributed by atoms with van der Waals surface area (Å²) in [6.07, 6.45) is 9.79. The molecule has 4 aromatic rings. The molecule has 8 nitrogen and oxygen atoms in total. The van der Waals surface area contributed by atoms with Crippen molar-refractivity contribution in [2.24, 2.45) is 0 Å². The van der Waals surface area contributed by atoms with Crippen molar-refractivity contribution in [3.8, 4) is 28.6 Å². The van der Waals surface area contributed by atoms with E-state index in [9.17, 15) is 10.2 Å². The first kappa shape index (κ1) is 13.1. The fourth-order valence-corrected chi connectivity index (χ4v) is 2.45. The van der Waals surface area contributed by atoms with E-state index in [0.717, 1.165) is 0 Å². The van der Waals surface area contributed by atoms with Crippen molar-refractivity contribution in [2.75, 3.05) is 0 Å². The molecule has 0 aliphatic rings. The highest BCUT2D eigenvalue weighted by atomic mass is 16.3. The third-order valence-electron chi connectivity index (χ3n) is 3.43. The Hall–Kier alpha value is -3.55. The van der Waals surface area contributed by atoms with Crippen LogP contribution in [0.5, 0.6) is 11.5 Å². The van der Waals surface area contributed by atoms with Crippen LogP contribution in [0.25, 0.3) is 17.1 Å². The molecule has 0 aliphatic carbocycles. The lowest BCUT2D eigenvalue weighted by atomic mass is 10.2. The number of aromatic nitrogens is 6. The minimum Gasteiger partial charge on any atom is -0.506 e. The van der Waals surface area contributed by atoms with Gasteiger partial charge in [0, 0.05) is 43.2 Å². The van der Waals surface area contributed by atoms with Gasteiger partial charge in [-0.2, -0.15) is 15.3 Å². The third kappa shape index (κ3) is 2.04. The predicted octanol–water partition coefficient (Wildman–Crippen LogP) is 1.65. The standard InChI is InChI=1S/C15H12N6O2/c22-12-10-11(19-7-1-4-16-19)15(23)14(21-9-3-6-18-21)13(12)20-8-2-5-17-20/h1-10,22-23H. The van der Waals surface area contributed by atoms with Crippen LogP contribution in [0.15, 0.2) is 61.4 Å². The number of phenols is 2. The molecule has 3 aromatic heterocycles. The van der Waals surface area contributed by atoms with Gasteiger partial charge in [-0.3, -0.25) is 0 Å². The summed E-state index contributed by atoms with van der Waals surface area (Å²) in [4.78, 5) is 0. The molecule has 0 spiro atoms. The summed E-state index contributed by atoms with van der Waals surface area (Å²) < 4.78 is 4.41. The van der Waals surface area contributed by atoms with E-state index in [-0.39, 0.29) is 11.5 Å². The van der Waals surface area contributed by atoms with Crippen molar-refractivity contribution >= 4 is 0 Å². The molecule has 0 bridgehead atoms. The molecule has 0 saturated heterocycles. The molecule has 0 amide bonds. The predicted molar refractivity (Wildman–Crippen MR) is 81.1 cm³/mol. The van der Waals surface area contributed by atoms with Crippen LogP contribution >= 0.6 is 0 Å². The lowest BCUT2D eigenvalue weighted by molar-refractivity contribution is 0.448. The van der Waals surface area contributed by atoms with Crippen LogP contribution in [0.1, 0.15) is 0 Å². The molecule has 1 aromatic carbocycles. The van der Waals surface area contributed by atoms with E-state index in [2.05, 4.69) is 15.3 Å². The van der Waals surface area contributed by atoms with Crippen molar-refractivity contribution in [3.05, 3.63) is 61.4 Å². The van der Waals surface area contributed by atoms with Crippen LogP contribution < -0.4 is 0 Å². The Bertz CT molecular complexity index is 927. The summed E-state index contributed by atoms with van der Waals surface area (Å²) >= 11 is 0.